The topological polar surface area (TPSA) is 57.5 Å². The van der Waals surface area contributed by atoms with Gasteiger partial charge in [-0.3, -0.25) is 4.90 Å². The molecule has 1 atom stereocenters. The van der Waals surface area contributed by atoms with E-state index < -0.39 is 0 Å². The molecular weight excluding hydrogens is 274 g/mol. The van der Waals surface area contributed by atoms with Gasteiger partial charge in [0, 0.05) is 42.7 Å². The Kier molecular flexibility index (Phi) is 5.79. The Labute approximate surface area is 124 Å². The third-order valence-corrected chi connectivity index (χ3v) is 4.23. The van der Waals surface area contributed by atoms with E-state index in [1.54, 1.807) is 12.5 Å². The van der Waals surface area contributed by atoms with Crippen molar-refractivity contribution in [2.75, 3.05) is 31.1 Å². The van der Waals surface area contributed by atoms with Crippen LogP contribution in [-0.2, 0) is 0 Å². The number of carbonyl (C=O) groups is 1. The van der Waals surface area contributed by atoms with Gasteiger partial charge in [0.1, 0.15) is 0 Å². The Morgan fingerprint density at radius 1 is 1.45 bits per heavy atom. The molecule has 2 heterocycles. The van der Waals surface area contributed by atoms with Gasteiger partial charge < -0.3 is 15.1 Å². The van der Waals surface area contributed by atoms with E-state index >= 15 is 0 Å². The van der Waals surface area contributed by atoms with Crippen LogP contribution in [0, 0.1) is 0 Å². The molecule has 0 spiro atoms. The van der Waals surface area contributed by atoms with Crippen molar-refractivity contribution in [2.45, 2.75) is 25.9 Å². The Morgan fingerprint density at radius 2 is 2.20 bits per heavy atom. The minimum atomic E-state index is -0.111. The standard InChI is InChI=1S/C14H23N3O2S/c1-11(2)16-14(18)15-9-13(12-3-6-19-10-12)17-4-7-20-8-5-17/h3,6,10-11,13H,4-5,7-9H2,1-2H3,(H2,15,16,18). The summed E-state index contributed by atoms with van der Waals surface area (Å²) in [5.41, 5.74) is 1.13. The number of rotatable bonds is 5. The number of hydrogen-bond acceptors (Lipinski definition) is 4. The third-order valence-electron chi connectivity index (χ3n) is 3.29. The monoisotopic (exact) mass is 297 g/mol. The molecule has 1 saturated heterocycles. The number of nitrogens with zero attached hydrogens (tertiary/aromatic N) is 1. The highest BCUT2D eigenvalue weighted by Crippen LogP contribution is 2.24. The van der Waals surface area contributed by atoms with E-state index in [0.29, 0.717) is 6.54 Å². The van der Waals surface area contributed by atoms with Crippen molar-refractivity contribution in [2.24, 2.45) is 0 Å². The molecule has 0 radical (unpaired) electrons. The maximum atomic E-state index is 11.7. The molecule has 5 nitrogen and oxygen atoms in total. The van der Waals surface area contributed by atoms with Crippen molar-refractivity contribution < 1.29 is 9.21 Å². The van der Waals surface area contributed by atoms with Gasteiger partial charge in [-0.2, -0.15) is 11.8 Å². The third kappa shape index (κ3) is 4.45. The first-order valence-corrected chi connectivity index (χ1v) is 8.20. The summed E-state index contributed by atoms with van der Waals surface area (Å²) in [6.45, 7) is 6.61. The second kappa shape index (κ2) is 7.59. The summed E-state index contributed by atoms with van der Waals surface area (Å²) >= 11 is 1.98. The Bertz CT molecular complexity index is 403. The molecule has 1 aliphatic rings. The highest BCUT2D eigenvalue weighted by atomic mass is 32.2. The predicted octanol–water partition coefficient (Wildman–Crippen LogP) is 2.08. The summed E-state index contributed by atoms with van der Waals surface area (Å²) in [6.07, 6.45) is 3.46. The lowest BCUT2D eigenvalue weighted by atomic mass is 10.1. The summed E-state index contributed by atoms with van der Waals surface area (Å²) < 4.78 is 5.20. The average molecular weight is 297 g/mol. The Morgan fingerprint density at radius 3 is 2.80 bits per heavy atom. The molecule has 1 aromatic rings. The number of urea groups is 1. The maximum absolute atomic E-state index is 11.7. The van der Waals surface area contributed by atoms with Gasteiger partial charge in [-0.25, -0.2) is 4.79 Å². The van der Waals surface area contributed by atoms with E-state index in [-0.39, 0.29) is 18.1 Å². The lowest BCUT2D eigenvalue weighted by Crippen LogP contribution is -2.45. The van der Waals surface area contributed by atoms with Crippen molar-refractivity contribution in [1.82, 2.24) is 15.5 Å². The number of hydrogen-bond donors (Lipinski definition) is 2. The largest absolute Gasteiger partial charge is 0.472 e. The van der Waals surface area contributed by atoms with Crippen LogP contribution in [0.4, 0.5) is 4.79 Å². The van der Waals surface area contributed by atoms with Crippen LogP contribution in [0.5, 0.6) is 0 Å². The van der Waals surface area contributed by atoms with Crippen molar-refractivity contribution in [3.8, 4) is 0 Å². The summed E-state index contributed by atoms with van der Waals surface area (Å²) in [5.74, 6) is 2.29. The SMILES string of the molecule is CC(C)NC(=O)NCC(c1ccoc1)N1CCSCC1. The molecule has 2 rings (SSSR count). The number of nitrogens with one attached hydrogen (secondary N) is 2. The van der Waals surface area contributed by atoms with Crippen molar-refractivity contribution in [3.63, 3.8) is 0 Å². The molecule has 2 amide bonds. The van der Waals surface area contributed by atoms with E-state index in [1.807, 2.05) is 31.7 Å². The van der Waals surface area contributed by atoms with Crippen LogP contribution in [0.3, 0.4) is 0 Å². The number of furan rings is 1. The predicted molar refractivity (Wildman–Crippen MR) is 82.0 cm³/mol. The maximum Gasteiger partial charge on any atom is 0.315 e. The van der Waals surface area contributed by atoms with Crippen LogP contribution in [-0.4, -0.2) is 48.1 Å². The van der Waals surface area contributed by atoms with Gasteiger partial charge in [-0.15, -0.1) is 0 Å². The van der Waals surface area contributed by atoms with Crippen LogP contribution in [0.1, 0.15) is 25.5 Å². The average Bonchev–Trinajstić information content (AvgIpc) is 2.93. The second-order valence-corrected chi connectivity index (χ2v) is 6.45. The fraction of sp³-hybridized carbons (Fsp3) is 0.643. The smallest absolute Gasteiger partial charge is 0.315 e. The van der Waals surface area contributed by atoms with E-state index in [0.717, 1.165) is 30.2 Å². The molecule has 2 N–H and O–H groups in total. The quantitative estimate of drug-likeness (QED) is 0.873. The van der Waals surface area contributed by atoms with Crippen molar-refractivity contribution in [1.29, 1.82) is 0 Å². The minimum Gasteiger partial charge on any atom is -0.472 e. The Balaban J connectivity index is 1.94. The first-order valence-electron chi connectivity index (χ1n) is 7.05. The zero-order chi connectivity index (χ0) is 14.4. The number of carbonyl (C=O) groups excluding carboxylic acids is 1. The van der Waals surface area contributed by atoms with Gasteiger partial charge in [0.05, 0.1) is 18.6 Å². The molecule has 0 aromatic carbocycles. The first kappa shape index (κ1) is 15.3. The summed E-state index contributed by atoms with van der Waals surface area (Å²) in [6, 6.07) is 2.20. The van der Waals surface area contributed by atoms with Crippen molar-refractivity contribution in [3.05, 3.63) is 24.2 Å². The lowest BCUT2D eigenvalue weighted by molar-refractivity contribution is 0.204. The van der Waals surface area contributed by atoms with E-state index in [2.05, 4.69) is 15.5 Å². The molecule has 0 aliphatic carbocycles. The van der Waals surface area contributed by atoms with Crippen LogP contribution < -0.4 is 10.6 Å². The van der Waals surface area contributed by atoms with Gasteiger partial charge in [0.2, 0.25) is 0 Å². The van der Waals surface area contributed by atoms with E-state index in [4.69, 9.17) is 4.42 Å². The molecule has 1 unspecified atom stereocenters. The van der Waals surface area contributed by atoms with Gasteiger partial charge in [-0.05, 0) is 19.9 Å². The number of amides is 2. The molecule has 1 aromatic heterocycles. The number of thioether (sulfide) groups is 1. The molecule has 112 valence electrons. The minimum absolute atomic E-state index is 0.111. The summed E-state index contributed by atoms with van der Waals surface area (Å²) in [4.78, 5) is 14.2. The summed E-state index contributed by atoms with van der Waals surface area (Å²) in [5, 5.41) is 5.81. The normalized spacial score (nSPS) is 17.9. The molecule has 0 saturated carbocycles. The zero-order valence-corrected chi connectivity index (χ0v) is 12.9. The van der Waals surface area contributed by atoms with E-state index in [9.17, 15) is 4.79 Å². The first-order chi connectivity index (χ1) is 9.66. The van der Waals surface area contributed by atoms with Gasteiger partial charge in [0.15, 0.2) is 0 Å². The molecular formula is C14H23N3O2S. The van der Waals surface area contributed by atoms with Crippen LogP contribution in [0.2, 0.25) is 0 Å². The molecule has 0 bridgehead atoms. The molecule has 20 heavy (non-hydrogen) atoms. The van der Waals surface area contributed by atoms with Gasteiger partial charge in [0.25, 0.3) is 0 Å². The lowest BCUT2D eigenvalue weighted by Gasteiger charge is -2.34. The Hall–Kier alpha value is -1.14. The van der Waals surface area contributed by atoms with Gasteiger partial charge in [-0.1, -0.05) is 0 Å². The summed E-state index contributed by atoms with van der Waals surface area (Å²) in [7, 11) is 0. The van der Waals surface area contributed by atoms with Crippen molar-refractivity contribution >= 4 is 17.8 Å². The van der Waals surface area contributed by atoms with E-state index in [1.165, 1.54) is 0 Å². The highest BCUT2D eigenvalue weighted by Gasteiger charge is 2.23. The van der Waals surface area contributed by atoms with Crippen LogP contribution in [0.25, 0.3) is 0 Å². The fourth-order valence-electron chi connectivity index (χ4n) is 2.31. The van der Waals surface area contributed by atoms with Crippen LogP contribution >= 0.6 is 11.8 Å². The highest BCUT2D eigenvalue weighted by molar-refractivity contribution is 7.99. The zero-order valence-electron chi connectivity index (χ0n) is 12.1. The molecule has 1 fully saturated rings. The van der Waals surface area contributed by atoms with Gasteiger partial charge >= 0.3 is 6.03 Å². The van der Waals surface area contributed by atoms with Crippen LogP contribution in [0.15, 0.2) is 23.0 Å². The second-order valence-electron chi connectivity index (χ2n) is 5.23. The molecule has 1 aliphatic heterocycles. The fourth-order valence-corrected chi connectivity index (χ4v) is 3.25. The molecule has 6 heteroatoms.